The number of nitrogens with one attached hydrogen (secondary N) is 1. The summed E-state index contributed by atoms with van der Waals surface area (Å²) in [6.45, 7) is 1.56. The van der Waals surface area contributed by atoms with Crippen LogP contribution in [0.5, 0.6) is 5.75 Å². The number of benzene rings is 1. The minimum absolute atomic E-state index is 0.0745. The summed E-state index contributed by atoms with van der Waals surface area (Å²) in [4.78, 5) is 23.4. The van der Waals surface area contributed by atoms with E-state index in [1.165, 1.54) is 0 Å². The zero-order chi connectivity index (χ0) is 14.0. The molecule has 0 aromatic heterocycles. The van der Waals surface area contributed by atoms with Gasteiger partial charge in [0.25, 0.3) is 0 Å². The SMILES string of the molecule is COc1cccc(C(=O)C[C@H]2NC(=O)[C@@H]2[C@@H](C)O)c1. The van der Waals surface area contributed by atoms with Gasteiger partial charge in [0.05, 0.1) is 25.2 Å². The van der Waals surface area contributed by atoms with Crippen molar-refractivity contribution in [1.29, 1.82) is 0 Å². The van der Waals surface area contributed by atoms with Crippen LogP contribution < -0.4 is 10.1 Å². The topological polar surface area (TPSA) is 75.6 Å². The fraction of sp³-hybridized carbons (Fsp3) is 0.429. The Morgan fingerprint density at radius 1 is 1.53 bits per heavy atom. The number of hydrogen-bond donors (Lipinski definition) is 2. The predicted molar refractivity (Wildman–Crippen MR) is 69.0 cm³/mol. The third-order valence-corrected chi connectivity index (χ3v) is 3.38. The maximum atomic E-state index is 12.1. The van der Waals surface area contributed by atoms with Crippen molar-refractivity contribution >= 4 is 11.7 Å². The summed E-state index contributed by atoms with van der Waals surface area (Å²) in [5.74, 6) is -0.141. The summed E-state index contributed by atoms with van der Waals surface area (Å²) >= 11 is 0. The Bertz CT molecular complexity index is 498. The van der Waals surface area contributed by atoms with Gasteiger partial charge >= 0.3 is 0 Å². The molecule has 5 heteroatoms. The largest absolute Gasteiger partial charge is 0.497 e. The second-order valence-electron chi connectivity index (χ2n) is 4.74. The van der Waals surface area contributed by atoms with E-state index in [-0.39, 0.29) is 24.2 Å². The summed E-state index contributed by atoms with van der Waals surface area (Å²) in [5, 5.41) is 12.1. The molecule has 1 saturated heterocycles. The highest BCUT2D eigenvalue weighted by Gasteiger charge is 2.43. The fourth-order valence-corrected chi connectivity index (χ4v) is 2.30. The molecule has 1 aromatic rings. The molecule has 0 radical (unpaired) electrons. The number of amides is 1. The van der Waals surface area contributed by atoms with Crippen molar-refractivity contribution in [3.8, 4) is 5.75 Å². The molecule has 1 amide bonds. The Morgan fingerprint density at radius 3 is 2.84 bits per heavy atom. The van der Waals surface area contributed by atoms with E-state index >= 15 is 0 Å². The molecule has 1 heterocycles. The molecule has 1 fully saturated rings. The average molecular weight is 263 g/mol. The second-order valence-corrected chi connectivity index (χ2v) is 4.74. The molecule has 0 spiro atoms. The molecule has 0 aliphatic carbocycles. The van der Waals surface area contributed by atoms with Gasteiger partial charge in [0.15, 0.2) is 5.78 Å². The first-order chi connectivity index (χ1) is 9.02. The summed E-state index contributed by atoms with van der Waals surface area (Å²) in [7, 11) is 1.54. The number of methoxy groups -OCH3 is 1. The zero-order valence-corrected chi connectivity index (χ0v) is 10.9. The lowest BCUT2D eigenvalue weighted by molar-refractivity contribution is -0.140. The van der Waals surface area contributed by atoms with Crippen LogP contribution in [0.2, 0.25) is 0 Å². The van der Waals surface area contributed by atoms with Crippen molar-refractivity contribution in [2.24, 2.45) is 5.92 Å². The molecule has 0 bridgehead atoms. The van der Waals surface area contributed by atoms with Crippen LogP contribution in [0.15, 0.2) is 24.3 Å². The molecule has 102 valence electrons. The lowest BCUT2D eigenvalue weighted by atomic mass is 9.82. The smallest absolute Gasteiger partial charge is 0.228 e. The van der Waals surface area contributed by atoms with Gasteiger partial charge in [-0.25, -0.2) is 0 Å². The Hall–Kier alpha value is -1.88. The fourth-order valence-electron chi connectivity index (χ4n) is 2.30. The standard InChI is InChI=1S/C14H17NO4/c1-8(16)13-11(15-14(13)18)7-12(17)9-4-3-5-10(6-9)19-2/h3-6,8,11,13,16H,7H2,1-2H3,(H,15,18)/t8-,11-,13-/m1/s1. The molecule has 2 N–H and O–H groups in total. The molecule has 5 nitrogen and oxygen atoms in total. The highest BCUT2D eigenvalue weighted by atomic mass is 16.5. The van der Waals surface area contributed by atoms with Crippen molar-refractivity contribution in [3.63, 3.8) is 0 Å². The lowest BCUT2D eigenvalue weighted by Gasteiger charge is -2.38. The number of hydrogen-bond acceptors (Lipinski definition) is 4. The number of carbonyl (C=O) groups excluding carboxylic acids is 2. The average Bonchev–Trinajstić information content (AvgIpc) is 2.37. The maximum Gasteiger partial charge on any atom is 0.228 e. The van der Waals surface area contributed by atoms with Crippen LogP contribution in [0, 0.1) is 5.92 Å². The Kier molecular flexibility index (Phi) is 3.85. The van der Waals surface area contributed by atoms with Gasteiger partial charge < -0.3 is 15.2 Å². The van der Waals surface area contributed by atoms with Crippen LogP contribution in [0.3, 0.4) is 0 Å². The van der Waals surface area contributed by atoms with E-state index in [1.54, 1.807) is 38.3 Å². The van der Waals surface area contributed by atoms with Gasteiger partial charge in [-0.15, -0.1) is 0 Å². The first-order valence-corrected chi connectivity index (χ1v) is 6.18. The highest BCUT2D eigenvalue weighted by molar-refractivity contribution is 5.98. The zero-order valence-electron chi connectivity index (χ0n) is 10.9. The van der Waals surface area contributed by atoms with Crippen LogP contribution in [-0.2, 0) is 4.79 Å². The summed E-state index contributed by atoms with van der Waals surface area (Å²) in [6.07, 6.45) is -0.550. The minimum Gasteiger partial charge on any atom is -0.497 e. The van der Waals surface area contributed by atoms with Gasteiger partial charge in [-0.05, 0) is 19.1 Å². The molecule has 1 aliphatic rings. The summed E-state index contributed by atoms with van der Waals surface area (Å²) in [5.41, 5.74) is 0.546. The van der Waals surface area contributed by atoms with E-state index in [4.69, 9.17) is 4.74 Å². The number of Topliss-reactive ketones (excluding diaryl/α,β-unsaturated/α-hetero) is 1. The van der Waals surface area contributed by atoms with Crippen LogP contribution >= 0.6 is 0 Å². The maximum absolute atomic E-state index is 12.1. The van der Waals surface area contributed by atoms with Crippen molar-refractivity contribution in [2.45, 2.75) is 25.5 Å². The second kappa shape index (κ2) is 5.40. The number of aliphatic hydroxyl groups excluding tert-OH is 1. The number of carbonyl (C=O) groups is 2. The molecular weight excluding hydrogens is 246 g/mol. The molecule has 2 rings (SSSR count). The normalized spacial score (nSPS) is 23.2. The number of β-lactam (4-membered cyclic amide) rings is 1. The van der Waals surface area contributed by atoms with E-state index in [0.29, 0.717) is 11.3 Å². The van der Waals surface area contributed by atoms with Crippen LogP contribution in [0.4, 0.5) is 0 Å². The molecule has 1 aromatic carbocycles. The van der Waals surface area contributed by atoms with E-state index in [1.807, 2.05) is 0 Å². The van der Waals surface area contributed by atoms with E-state index < -0.39 is 12.0 Å². The van der Waals surface area contributed by atoms with Gasteiger partial charge in [0, 0.05) is 12.0 Å². The van der Waals surface area contributed by atoms with Crippen molar-refractivity contribution in [2.75, 3.05) is 7.11 Å². The van der Waals surface area contributed by atoms with Gasteiger partial charge in [-0.1, -0.05) is 12.1 Å². The van der Waals surface area contributed by atoms with Gasteiger partial charge in [-0.2, -0.15) is 0 Å². The molecule has 19 heavy (non-hydrogen) atoms. The molecule has 0 saturated carbocycles. The van der Waals surface area contributed by atoms with Crippen LogP contribution in [0.25, 0.3) is 0 Å². The summed E-state index contributed by atoms with van der Waals surface area (Å²) < 4.78 is 5.06. The highest BCUT2D eigenvalue weighted by Crippen LogP contribution is 2.24. The predicted octanol–water partition coefficient (Wildman–Crippen LogP) is 0.763. The minimum atomic E-state index is -0.739. The molecule has 1 aliphatic heterocycles. The Labute approximate surface area is 111 Å². The Morgan fingerprint density at radius 2 is 2.26 bits per heavy atom. The van der Waals surface area contributed by atoms with Gasteiger partial charge in [0.2, 0.25) is 5.91 Å². The number of rotatable bonds is 5. The number of aliphatic hydroxyl groups is 1. The molecule has 0 unspecified atom stereocenters. The molecular formula is C14H17NO4. The first-order valence-electron chi connectivity index (χ1n) is 6.18. The Balaban J connectivity index is 2.03. The number of ketones is 1. The summed E-state index contributed by atoms with van der Waals surface area (Å²) in [6, 6.07) is 6.60. The quantitative estimate of drug-likeness (QED) is 0.607. The van der Waals surface area contributed by atoms with E-state index in [2.05, 4.69) is 5.32 Å². The van der Waals surface area contributed by atoms with Crippen LogP contribution in [-0.4, -0.2) is 36.1 Å². The van der Waals surface area contributed by atoms with Gasteiger partial charge in [0.1, 0.15) is 5.75 Å². The first kappa shape index (κ1) is 13.5. The van der Waals surface area contributed by atoms with E-state index in [9.17, 15) is 14.7 Å². The number of ether oxygens (including phenoxy) is 1. The molecule has 3 atom stereocenters. The van der Waals surface area contributed by atoms with Crippen molar-refractivity contribution < 1.29 is 19.4 Å². The third kappa shape index (κ3) is 2.76. The van der Waals surface area contributed by atoms with Crippen molar-refractivity contribution in [3.05, 3.63) is 29.8 Å². The third-order valence-electron chi connectivity index (χ3n) is 3.38. The van der Waals surface area contributed by atoms with Gasteiger partial charge in [-0.3, -0.25) is 9.59 Å². The van der Waals surface area contributed by atoms with Crippen LogP contribution in [0.1, 0.15) is 23.7 Å². The monoisotopic (exact) mass is 263 g/mol. The lowest BCUT2D eigenvalue weighted by Crippen LogP contribution is -2.62. The van der Waals surface area contributed by atoms with Crippen molar-refractivity contribution in [1.82, 2.24) is 5.32 Å². The van der Waals surface area contributed by atoms with E-state index in [0.717, 1.165) is 0 Å².